The maximum absolute atomic E-state index is 11.0. The van der Waals surface area contributed by atoms with Crippen molar-refractivity contribution in [2.24, 2.45) is 0 Å². The number of aromatic hydroxyl groups is 2. The van der Waals surface area contributed by atoms with Crippen LogP contribution < -0.4 is 0 Å². The molecule has 0 fully saturated rings. The van der Waals surface area contributed by atoms with Crippen LogP contribution in [0.15, 0.2) is 42.6 Å². The number of phenols is 2. The lowest BCUT2D eigenvalue weighted by Crippen LogP contribution is -1.89. The molecule has 8 nitrogen and oxygen atoms in total. The fourth-order valence-electron chi connectivity index (χ4n) is 2.47. The van der Waals surface area contributed by atoms with Crippen molar-refractivity contribution in [1.82, 2.24) is 14.6 Å². The Bertz CT molecular complexity index is 1140. The van der Waals surface area contributed by atoms with Gasteiger partial charge in [-0.3, -0.25) is 10.1 Å². The number of hydrogen-bond donors (Lipinski definition) is 2. The van der Waals surface area contributed by atoms with Crippen molar-refractivity contribution in [3.63, 3.8) is 0 Å². The maximum Gasteiger partial charge on any atom is 0.270 e. The Hall–Kier alpha value is -3.17. The van der Waals surface area contributed by atoms with Crippen molar-refractivity contribution in [2.75, 3.05) is 0 Å². The average molecular weight is 389 g/mol. The van der Waals surface area contributed by atoms with Gasteiger partial charge in [0, 0.05) is 29.3 Å². The van der Waals surface area contributed by atoms with Crippen LogP contribution in [0.3, 0.4) is 0 Å². The minimum atomic E-state index is -0.496. The van der Waals surface area contributed by atoms with E-state index < -0.39 is 4.92 Å². The number of nitro groups is 1. The zero-order chi connectivity index (χ0) is 18.4. The van der Waals surface area contributed by atoms with Crippen LogP contribution in [0, 0.1) is 10.1 Å². The summed E-state index contributed by atoms with van der Waals surface area (Å²) in [7, 11) is 0. The van der Waals surface area contributed by atoms with E-state index in [9.17, 15) is 20.3 Å². The standard InChI is InChI=1S/C16H9ClN4O4S/c17-12-4-1-8(21(24)25)5-11(12)15-19-20-7-13(18-16(20)26-15)10-3-2-9(22)6-14(10)23/h1-7,22-23H. The molecule has 2 N–H and O–H groups in total. The quantitative estimate of drug-likeness (QED) is 0.403. The van der Waals surface area contributed by atoms with Gasteiger partial charge in [0.15, 0.2) is 0 Å². The molecule has 26 heavy (non-hydrogen) atoms. The van der Waals surface area contributed by atoms with E-state index in [4.69, 9.17) is 11.6 Å². The maximum atomic E-state index is 11.0. The number of rotatable bonds is 3. The molecule has 0 spiro atoms. The lowest BCUT2D eigenvalue weighted by molar-refractivity contribution is -0.384. The van der Waals surface area contributed by atoms with Gasteiger partial charge in [0.2, 0.25) is 4.96 Å². The minimum absolute atomic E-state index is 0.0482. The van der Waals surface area contributed by atoms with Crippen molar-refractivity contribution in [1.29, 1.82) is 0 Å². The van der Waals surface area contributed by atoms with Crippen LogP contribution >= 0.6 is 22.9 Å². The van der Waals surface area contributed by atoms with Crippen LogP contribution in [-0.4, -0.2) is 29.7 Å². The third-order valence-electron chi connectivity index (χ3n) is 3.69. The van der Waals surface area contributed by atoms with E-state index in [-0.39, 0.29) is 17.2 Å². The molecular weight excluding hydrogens is 380 g/mol. The third kappa shape index (κ3) is 2.72. The summed E-state index contributed by atoms with van der Waals surface area (Å²) in [4.78, 5) is 15.4. The second-order valence-corrected chi connectivity index (χ2v) is 6.75. The van der Waals surface area contributed by atoms with Gasteiger partial charge < -0.3 is 10.2 Å². The second-order valence-electron chi connectivity index (χ2n) is 5.38. The van der Waals surface area contributed by atoms with Crippen molar-refractivity contribution in [3.8, 4) is 33.3 Å². The molecule has 0 atom stereocenters. The fourth-order valence-corrected chi connectivity index (χ4v) is 3.64. The van der Waals surface area contributed by atoms with Crippen LogP contribution in [0.2, 0.25) is 5.02 Å². The lowest BCUT2D eigenvalue weighted by Gasteiger charge is -2.01. The number of benzene rings is 2. The van der Waals surface area contributed by atoms with E-state index in [2.05, 4.69) is 10.1 Å². The van der Waals surface area contributed by atoms with Crippen molar-refractivity contribution in [3.05, 3.63) is 57.7 Å². The van der Waals surface area contributed by atoms with Gasteiger partial charge in [-0.05, 0) is 18.2 Å². The predicted molar refractivity (Wildman–Crippen MR) is 96.7 cm³/mol. The molecule has 0 amide bonds. The number of fused-ring (bicyclic) bond motifs is 1. The first-order chi connectivity index (χ1) is 12.4. The zero-order valence-corrected chi connectivity index (χ0v) is 14.4. The molecule has 0 saturated heterocycles. The highest BCUT2D eigenvalue weighted by Gasteiger charge is 2.17. The van der Waals surface area contributed by atoms with E-state index in [1.165, 1.54) is 46.2 Å². The lowest BCUT2D eigenvalue weighted by atomic mass is 10.1. The normalized spacial score (nSPS) is 11.1. The molecule has 0 bridgehead atoms. The highest BCUT2D eigenvalue weighted by molar-refractivity contribution is 7.19. The van der Waals surface area contributed by atoms with Gasteiger partial charge in [0.05, 0.1) is 21.8 Å². The van der Waals surface area contributed by atoms with Gasteiger partial charge in [0.25, 0.3) is 5.69 Å². The molecular formula is C16H9ClN4O4S. The number of nitrogens with zero attached hydrogens (tertiary/aromatic N) is 4. The van der Waals surface area contributed by atoms with Crippen molar-refractivity contribution < 1.29 is 15.1 Å². The Balaban J connectivity index is 1.78. The molecule has 2 heterocycles. The van der Waals surface area contributed by atoms with Gasteiger partial charge in [-0.1, -0.05) is 22.9 Å². The van der Waals surface area contributed by atoms with E-state index >= 15 is 0 Å². The van der Waals surface area contributed by atoms with Gasteiger partial charge in [-0.15, -0.1) is 0 Å². The van der Waals surface area contributed by atoms with Crippen LogP contribution in [-0.2, 0) is 0 Å². The number of phenolic OH excluding ortho intramolecular Hbond substituents is 2. The highest BCUT2D eigenvalue weighted by Crippen LogP contribution is 2.36. The smallest absolute Gasteiger partial charge is 0.270 e. The first kappa shape index (κ1) is 16.3. The molecule has 2 aromatic carbocycles. The zero-order valence-electron chi connectivity index (χ0n) is 12.8. The van der Waals surface area contributed by atoms with Gasteiger partial charge in [0.1, 0.15) is 16.5 Å². The first-order valence-electron chi connectivity index (χ1n) is 7.25. The molecule has 0 unspecified atom stereocenters. The molecule has 10 heteroatoms. The summed E-state index contributed by atoms with van der Waals surface area (Å²) in [5.41, 5.74) is 1.31. The number of halogens is 1. The Morgan fingerprint density at radius 3 is 2.65 bits per heavy atom. The van der Waals surface area contributed by atoms with Gasteiger partial charge >= 0.3 is 0 Å². The summed E-state index contributed by atoms with van der Waals surface area (Å²) in [5.74, 6) is -0.147. The van der Waals surface area contributed by atoms with E-state index in [0.29, 0.717) is 31.8 Å². The molecule has 0 radical (unpaired) electrons. The summed E-state index contributed by atoms with van der Waals surface area (Å²) in [6.07, 6.45) is 1.62. The second kappa shape index (κ2) is 5.97. The average Bonchev–Trinajstić information content (AvgIpc) is 3.13. The Labute approximate surface area is 154 Å². The van der Waals surface area contributed by atoms with Crippen LogP contribution in [0.1, 0.15) is 0 Å². The number of imidazole rings is 1. The summed E-state index contributed by atoms with van der Waals surface area (Å²) in [6.45, 7) is 0. The van der Waals surface area contributed by atoms with E-state index in [1.807, 2.05) is 0 Å². The van der Waals surface area contributed by atoms with Gasteiger partial charge in [-0.2, -0.15) is 5.10 Å². The molecule has 4 rings (SSSR count). The van der Waals surface area contributed by atoms with Crippen molar-refractivity contribution >= 4 is 33.6 Å². The number of aromatic nitrogens is 3. The van der Waals surface area contributed by atoms with E-state index in [1.54, 1.807) is 12.3 Å². The molecule has 4 aromatic rings. The van der Waals surface area contributed by atoms with Gasteiger partial charge in [-0.25, -0.2) is 9.50 Å². The Kier molecular flexibility index (Phi) is 3.74. The molecule has 0 aliphatic rings. The Morgan fingerprint density at radius 2 is 1.96 bits per heavy atom. The number of hydrogen-bond acceptors (Lipinski definition) is 7. The van der Waals surface area contributed by atoms with E-state index in [0.717, 1.165) is 0 Å². The summed E-state index contributed by atoms with van der Waals surface area (Å²) in [6, 6.07) is 8.38. The third-order valence-corrected chi connectivity index (χ3v) is 4.98. The largest absolute Gasteiger partial charge is 0.508 e. The molecule has 2 aromatic heterocycles. The summed E-state index contributed by atoms with van der Waals surface area (Å²) >= 11 is 7.36. The Morgan fingerprint density at radius 1 is 1.15 bits per heavy atom. The SMILES string of the molecule is O=[N+]([O-])c1ccc(Cl)c(-c2nn3cc(-c4ccc(O)cc4O)nc3s2)c1. The van der Waals surface area contributed by atoms with Crippen LogP contribution in [0.4, 0.5) is 5.69 Å². The summed E-state index contributed by atoms with van der Waals surface area (Å²) < 4.78 is 1.51. The molecule has 0 aliphatic heterocycles. The molecule has 0 aliphatic carbocycles. The monoisotopic (exact) mass is 388 g/mol. The molecule has 130 valence electrons. The fraction of sp³-hybridized carbons (Fsp3) is 0. The highest BCUT2D eigenvalue weighted by atomic mass is 35.5. The minimum Gasteiger partial charge on any atom is -0.508 e. The number of non-ortho nitro benzene ring substituents is 1. The topological polar surface area (TPSA) is 114 Å². The first-order valence-corrected chi connectivity index (χ1v) is 8.45. The number of nitro benzene ring substituents is 1. The van der Waals surface area contributed by atoms with Crippen molar-refractivity contribution in [2.45, 2.75) is 0 Å². The molecule has 0 saturated carbocycles. The van der Waals surface area contributed by atoms with Crippen LogP contribution in [0.5, 0.6) is 11.5 Å². The summed E-state index contributed by atoms with van der Waals surface area (Å²) in [5, 5.41) is 35.5. The predicted octanol–water partition coefficient (Wildman–Crippen LogP) is 4.10. The van der Waals surface area contributed by atoms with Crippen LogP contribution in [0.25, 0.3) is 26.8 Å².